The number of hydrogen-bond donors (Lipinski definition) is 2. The molecule has 1 aromatic heterocycles. The second-order valence-electron chi connectivity index (χ2n) is 11.8. The van der Waals surface area contributed by atoms with E-state index in [-0.39, 0.29) is 42.0 Å². The lowest BCUT2D eigenvalue weighted by atomic mass is 9.61. The van der Waals surface area contributed by atoms with E-state index in [1.807, 2.05) is 42.9 Å². The van der Waals surface area contributed by atoms with Crippen LogP contribution >= 0.6 is 0 Å². The molecule has 9 nitrogen and oxygen atoms in total. The minimum atomic E-state index is -1.43. The van der Waals surface area contributed by atoms with E-state index in [1.165, 1.54) is 4.90 Å². The molecule has 0 saturated carbocycles. The Morgan fingerprint density at radius 3 is 2.52 bits per heavy atom. The summed E-state index contributed by atoms with van der Waals surface area (Å²) < 4.78 is 18.2. The number of benzene rings is 2. The van der Waals surface area contributed by atoms with Crippen molar-refractivity contribution in [3.63, 3.8) is 0 Å². The molecule has 42 heavy (non-hydrogen) atoms. The van der Waals surface area contributed by atoms with Gasteiger partial charge < -0.3 is 10.0 Å². The molecule has 6 rings (SSSR count). The van der Waals surface area contributed by atoms with Crippen molar-refractivity contribution in [1.82, 2.24) is 24.9 Å². The van der Waals surface area contributed by atoms with Gasteiger partial charge in [-0.05, 0) is 55.5 Å². The van der Waals surface area contributed by atoms with Crippen LogP contribution in [0.5, 0.6) is 0 Å². The lowest BCUT2D eigenvalue weighted by molar-refractivity contribution is -0.150. The normalized spacial score (nSPS) is 24.1. The van der Waals surface area contributed by atoms with Crippen LogP contribution in [0.15, 0.2) is 54.9 Å². The molecule has 4 heterocycles. The number of likely N-dealkylation sites (tertiary alicyclic amines) is 1. The Morgan fingerprint density at radius 1 is 1.10 bits per heavy atom. The summed E-state index contributed by atoms with van der Waals surface area (Å²) in [6, 6.07) is 12.5. The van der Waals surface area contributed by atoms with Gasteiger partial charge in [-0.1, -0.05) is 32.0 Å². The number of fused-ring (bicyclic) bond motifs is 1. The smallest absolute Gasteiger partial charge is 0.255 e. The lowest BCUT2D eigenvalue weighted by Gasteiger charge is -2.54. The molecular weight excluding hydrogens is 537 g/mol. The van der Waals surface area contributed by atoms with Gasteiger partial charge in [0.15, 0.2) is 0 Å². The van der Waals surface area contributed by atoms with E-state index in [4.69, 9.17) is 0 Å². The first-order chi connectivity index (χ1) is 20.2. The fraction of sp³-hybridized carbons (Fsp3) is 0.438. The fourth-order valence-corrected chi connectivity index (χ4v) is 7.19. The predicted octanol–water partition coefficient (Wildman–Crippen LogP) is 3.67. The van der Waals surface area contributed by atoms with Crippen molar-refractivity contribution in [3.05, 3.63) is 82.9 Å². The van der Waals surface area contributed by atoms with E-state index >= 15 is 4.39 Å². The van der Waals surface area contributed by atoms with Crippen LogP contribution < -0.4 is 5.32 Å². The van der Waals surface area contributed by atoms with Crippen molar-refractivity contribution < 1.29 is 23.9 Å². The molecule has 0 spiro atoms. The Hall–Kier alpha value is -3.89. The molecule has 10 heteroatoms. The molecule has 3 amide bonds. The van der Waals surface area contributed by atoms with Crippen molar-refractivity contribution in [2.24, 2.45) is 5.41 Å². The van der Waals surface area contributed by atoms with Crippen LogP contribution in [-0.4, -0.2) is 61.5 Å². The number of carbonyl (C=O) groups is 3. The standard InChI is InChI=1S/C32H36FN5O4/c1-3-31(4-2)20-36(18-21-6-8-22(9-7-21)38-16-5-15-34-38)17-14-32(31,42)25-11-10-23-24(28(25)33)19-37(30(23)41)26-12-13-27(39)35-29(26)40/h5-11,15-16,26,42H,3-4,12-14,17-20H2,1-2H3,(H,35,39,40). The number of piperidine rings is 2. The van der Waals surface area contributed by atoms with Crippen molar-refractivity contribution in [3.8, 4) is 5.69 Å². The quantitative estimate of drug-likeness (QED) is 0.418. The molecule has 2 atom stereocenters. The number of imide groups is 1. The first-order valence-corrected chi connectivity index (χ1v) is 14.7. The summed E-state index contributed by atoms with van der Waals surface area (Å²) in [5.41, 5.74) is 0.715. The molecule has 3 aliphatic heterocycles. The highest BCUT2D eigenvalue weighted by Crippen LogP contribution is 2.52. The number of carbonyl (C=O) groups excluding carboxylic acids is 3. The number of aromatic nitrogens is 2. The topological polar surface area (TPSA) is 108 Å². The van der Waals surface area contributed by atoms with Crippen LogP contribution in [0.1, 0.15) is 73.0 Å². The van der Waals surface area contributed by atoms with Crippen LogP contribution in [0, 0.1) is 11.2 Å². The van der Waals surface area contributed by atoms with E-state index in [0.29, 0.717) is 38.9 Å². The number of rotatable bonds is 7. The van der Waals surface area contributed by atoms with Crippen LogP contribution in [-0.2, 0) is 28.3 Å². The summed E-state index contributed by atoms with van der Waals surface area (Å²) >= 11 is 0. The number of nitrogens with zero attached hydrogens (tertiary/aromatic N) is 4. The van der Waals surface area contributed by atoms with Crippen molar-refractivity contribution in [2.75, 3.05) is 13.1 Å². The molecule has 0 radical (unpaired) electrons. The summed E-state index contributed by atoms with van der Waals surface area (Å²) in [5.74, 6) is -1.91. The molecule has 2 unspecified atom stereocenters. The molecule has 2 N–H and O–H groups in total. The highest BCUT2D eigenvalue weighted by atomic mass is 19.1. The number of amides is 3. The molecule has 2 fully saturated rings. The first-order valence-electron chi connectivity index (χ1n) is 14.7. The number of hydrogen-bond acceptors (Lipinski definition) is 6. The summed E-state index contributed by atoms with van der Waals surface area (Å²) in [7, 11) is 0. The summed E-state index contributed by atoms with van der Waals surface area (Å²) in [5, 5.41) is 18.9. The van der Waals surface area contributed by atoms with E-state index in [2.05, 4.69) is 27.4 Å². The largest absolute Gasteiger partial charge is 0.384 e. The molecule has 220 valence electrons. The van der Waals surface area contributed by atoms with Crippen LogP contribution in [0.3, 0.4) is 0 Å². The first kappa shape index (κ1) is 28.2. The second kappa shape index (κ2) is 10.7. The van der Waals surface area contributed by atoms with Crippen molar-refractivity contribution >= 4 is 17.7 Å². The van der Waals surface area contributed by atoms with Gasteiger partial charge >= 0.3 is 0 Å². The van der Waals surface area contributed by atoms with E-state index in [0.717, 1.165) is 11.3 Å². The summed E-state index contributed by atoms with van der Waals surface area (Å²) in [4.78, 5) is 41.0. The Bertz CT molecular complexity index is 1520. The van der Waals surface area contributed by atoms with Gasteiger partial charge in [0.25, 0.3) is 5.91 Å². The van der Waals surface area contributed by atoms with Crippen molar-refractivity contribution in [2.45, 2.75) is 70.7 Å². The second-order valence-corrected chi connectivity index (χ2v) is 11.8. The van der Waals surface area contributed by atoms with E-state index < -0.39 is 34.7 Å². The third-order valence-corrected chi connectivity index (χ3v) is 9.75. The number of halogens is 1. The summed E-state index contributed by atoms with van der Waals surface area (Å²) in [6.45, 7) is 5.89. The zero-order valence-electron chi connectivity index (χ0n) is 24.0. The van der Waals surface area contributed by atoms with Crippen LogP contribution in [0.2, 0.25) is 0 Å². The zero-order chi connectivity index (χ0) is 29.6. The Morgan fingerprint density at radius 2 is 1.86 bits per heavy atom. The third-order valence-electron chi connectivity index (χ3n) is 9.75. The monoisotopic (exact) mass is 573 g/mol. The maximum absolute atomic E-state index is 16.4. The highest BCUT2D eigenvalue weighted by molar-refractivity contribution is 6.05. The van der Waals surface area contributed by atoms with Crippen LogP contribution in [0.25, 0.3) is 5.69 Å². The maximum Gasteiger partial charge on any atom is 0.255 e. The van der Waals surface area contributed by atoms with Crippen LogP contribution in [0.4, 0.5) is 4.39 Å². The number of nitrogens with one attached hydrogen (secondary N) is 1. The van der Waals surface area contributed by atoms with Gasteiger partial charge in [-0.15, -0.1) is 0 Å². The van der Waals surface area contributed by atoms with Gasteiger partial charge in [-0.25, -0.2) is 9.07 Å². The minimum Gasteiger partial charge on any atom is -0.384 e. The van der Waals surface area contributed by atoms with Gasteiger partial charge in [-0.2, -0.15) is 5.10 Å². The lowest BCUT2D eigenvalue weighted by Crippen LogP contribution is -2.57. The molecule has 3 aliphatic rings. The molecule has 0 bridgehead atoms. The van der Waals surface area contributed by atoms with Gasteiger partial charge in [0, 0.05) is 60.6 Å². The molecule has 2 saturated heterocycles. The maximum atomic E-state index is 16.4. The van der Waals surface area contributed by atoms with E-state index in [1.54, 1.807) is 18.3 Å². The Kier molecular flexibility index (Phi) is 7.22. The highest BCUT2D eigenvalue weighted by Gasteiger charge is 2.54. The Balaban J connectivity index is 1.24. The predicted molar refractivity (Wildman–Crippen MR) is 153 cm³/mol. The average Bonchev–Trinajstić information content (AvgIpc) is 3.64. The fourth-order valence-electron chi connectivity index (χ4n) is 7.19. The molecule has 0 aliphatic carbocycles. The zero-order valence-corrected chi connectivity index (χ0v) is 24.0. The number of aliphatic hydroxyl groups is 1. The summed E-state index contributed by atoms with van der Waals surface area (Å²) in [6.07, 6.45) is 5.62. The molecule has 3 aromatic rings. The van der Waals surface area contributed by atoms with Gasteiger partial charge in [0.05, 0.1) is 12.2 Å². The van der Waals surface area contributed by atoms with Gasteiger partial charge in [0.2, 0.25) is 11.8 Å². The van der Waals surface area contributed by atoms with Gasteiger partial charge in [-0.3, -0.25) is 24.6 Å². The average molecular weight is 574 g/mol. The third kappa shape index (κ3) is 4.53. The Labute approximate surface area is 244 Å². The van der Waals surface area contributed by atoms with E-state index in [9.17, 15) is 19.5 Å². The molecular formula is C32H36FN5O4. The van der Waals surface area contributed by atoms with Crippen molar-refractivity contribution in [1.29, 1.82) is 0 Å². The SMILES string of the molecule is CCC1(CC)CN(Cc2ccc(-n3cccn3)cc2)CCC1(O)c1ccc2c(c1F)CN(C1CCC(=O)NC1=O)C2=O. The minimum absolute atomic E-state index is 0.0674. The molecule has 2 aromatic carbocycles. The van der Waals surface area contributed by atoms with Gasteiger partial charge in [0.1, 0.15) is 17.5 Å².